The molecule has 0 radical (unpaired) electrons. The van der Waals surface area contributed by atoms with E-state index in [1.165, 1.54) is 6.07 Å². The van der Waals surface area contributed by atoms with Gasteiger partial charge in [-0.25, -0.2) is 0 Å². The summed E-state index contributed by atoms with van der Waals surface area (Å²) >= 11 is 0. The number of nitrogens with one attached hydrogen (secondary N) is 1. The second-order valence-electron chi connectivity index (χ2n) is 6.18. The lowest BCUT2D eigenvalue weighted by atomic mass is 9.82. The van der Waals surface area contributed by atoms with E-state index in [2.05, 4.69) is 5.32 Å². The molecule has 3 aromatic rings. The third kappa shape index (κ3) is 2.55. The van der Waals surface area contributed by atoms with Gasteiger partial charge in [-0.3, -0.25) is 19.7 Å². The molecule has 8 heteroatoms. The van der Waals surface area contributed by atoms with Gasteiger partial charge in [0.15, 0.2) is 17.3 Å². The van der Waals surface area contributed by atoms with Gasteiger partial charge in [0.1, 0.15) is 11.4 Å². The average Bonchev–Trinajstić information content (AvgIpc) is 2.69. The first-order chi connectivity index (χ1) is 13.4. The van der Waals surface area contributed by atoms with Crippen LogP contribution in [0.25, 0.3) is 0 Å². The zero-order chi connectivity index (χ0) is 20.0. The number of carbonyl (C=O) groups is 2. The minimum absolute atomic E-state index is 0.0465. The third-order valence-corrected chi connectivity index (χ3v) is 4.50. The predicted octanol–water partition coefficient (Wildman–Crippen LogP) is 3.53. The van der Waals surface area contributed by atoms with Crippen LogP contribution in [-0.2, 0) is 0 Å². The summed E-state index contributed by atoms with van der Waals surface area (Å²) in [5, 5.41) is 34.7. The molecule has 8 nitrogen and oxygen atoms in total. The molecule has 1 aliphatic rings. The van der Waals surface area contributed by atoms with Crippen molar-refractivity contribution >= 4 is 28.6 Å². The Bertz CT molecular complexity index is 1170. The lowest BCUT2D eigenvalue weighted by Crippen LogP contribution is -2.21. The monoisotopic (exact) mass is 376 g/mol. The van der Waals surface area contributed by atoms with Gasteiger partial charge in [-0.05, 0) is 24.3 Å². The van der Waals surface area contributed by atoms with Crippen molar-refractivity contribution in [1.82, 2.24) is 0 Å². The molecule has 3 aromatic carbocycles. The van der Waals surface area contributed by atoms with Crippen LogP contribution in [0.1, 0.15) is 31.8 Å². The van der Waals surface area contributed by atoms with E-state index in [4.69, 9.17) is 0 Å². The lowest BCUT2D eigenvalue weighted by molar-refractivity contribution is -0.384. The van der Waals surface area contributed by atoms with Crippen molar-refractivity contribution in [2.24, 2.45) is 0 Å². The first kappa shape index (κ1) is 17.2. The van der Waals surface area contributed by atoms with Crippen molar-refractivity contribution in [3.63, 3.8) is 0 Å². The summed E-state index contributed by atoms with van der Waals surface area (Å²) in [6, 6.07) is 13.1. The molecule has 0 spiro atoms. The number of phenolic OH excluding ortho intramolecular Hbond substituents is 2. The number of nitro groups is 1. The van der Waals surface area contributed by atoms with E-state index < -0.39 is 28.0 Å². The molecule has 138 valence electrons. The Morgan fingerprint density at radius 1 is 0.857 bits per heavy atom. The number of para-hydroxylation sites is 1. The molecule has 0 bridgehead atoms. The van der Waals surface area contributed by atoms with Gasteiger partial charge in [-0.2, -0.15) is 0 Å². The van der Waals surface area contributed by atoms with Crippen molar-refractivity contribution < 1.29 is 24.7 Å². The summed E-state index contributed by atoms with van der Waals surface area (Å²) in [7, 11) is 0. The standard InChI is InChI=1S/C20H12N2O6/c23-15-9-14-16(20(26)17(15)21-10-4-2-1-3-5-10)19(25)12-7-6-11(22(27)28)8-13(12)18(14)24/h1-9,21,23,26H. The molecular weight excluding hydrogens is 364 g/mol. The number of hydrogen-bond acceptors (Lipinski definition) is 7. The van der Waals surface area contributed by atoms with Gasteiger partial charge < -0.3 is 15.5 Å². The highest BCUT2D eigenvalue weighted by atomic mass is 16.6. The lowest BCUT2D eigenvalue weighted by Gasteiger charge is -2.21. The van der Waals surface area contributed by atoms with Crippen LogP contribution < -0.4 is 5.32 Å². The number of anilines is 2. The summed E-state index contributed by atoms with van der Waals surface area (Å²) in [5.41, 5.74) is -0.563. The number of ketones is 2. The van der Waals surface area contributed by atoms with E-state index in [-0.39, 0.29) is 33.6 Å². The van der Waals surface area contributed by atoms with Gasteiger partial charge in [0.05, 0.1) is 10.5 Å². The summed E-state index contributed by atoms with van der Waals surface area (Å²) in [6.07, 6.45) is 0. The van der Waals surface area contributed by atoms with Gasteiger partial charge >= 0.3 is 0 Å². The number of hydrogen-bond donors (Lipinski definition) is 3. The number of carbonyl (C=O) groups excluding carboxylic acids is 2. The quantitative estimate of drug-likeness (QED) is 0.283. The fraction of sp³-hybridized carbons (Fsp3) is 0. The average molecular weight is 376 g/mol. The van der Waals surface area contributed by atoms with E-state index in [0.717, 1.165) is 18.2 Å². The molecule has 3 N–H and O–H groups in total. The molecule has 4 rings (SSSR count). The Morgan fingerprint density at radius 3 is 2.25 bits per heavy atom. The molecule has 0 fully saturated rings. The van der Waals surface area contributed by atoms with Crippen molar-refractivity contribution in [3.8, 4) is 11.5 Å². The second kappa shape index (κ2) is 6.20. The fourth-order valence-electron chi connectivity index (χ4n) is 3.16. The van der Waals surface area contributed by atoms with Crippen LogP contribution in [0.3, 0.4) is 0 Å². The summed E-state index contributed by atoms with van der Waals surface area (Å²) in [4.78, 5) is 36.0. The molecule has 28 heavy (non-hydrogen) atoms. The van der Waals surface area contributed by atoms with Gasteiger partial charge in [0.2, 0.25) is 0 Å². The number of non-ortho nitro benzene ring substituents is 1. The SMILES string of the molecule is O=C1c2cc([N+](=O)[O-])ccc2C(=O)c2c1cc(O)c(Nc1ccccc1)c2O. The minimum atomic E-state index is -0.690. The fourth-order valence-corrected chi connectivity index (χ4v) is 3.16. The molecule has 0 saturated carbocycles. The van der Waals surface area contributed by atoms with E-state index in [0.29, 0.717) is 5.69 Å². The van der Waals surface area contributed by atoms with Crippen LogP contribution in [0.2, 0.25) is 0 Å². The van der Waals surface area contributed by atoms with E-state index in [9.17, 15) is 29.9 Å². The molecule has 0 aromatic heterocycles. The second-order valence-corrected chi connectivity index (χ2v) is 6.18. The third-order valence-electron chi connectivity index (χ3n) is 4.50. The maximum atomic E-state index is 12.9. The van der Waals surface area contributed by atoms with Crippen molar-refractivity contribution in [2.75, 3.05) is 5.32 Å². The normalized spacial score (nSPS) is 12.3. The first-order valence-electron chi connectivity index (χ1n) is 8.17. The molecule has 0 atom stereocenters. The van der Waals surface area contributed by atoms with Gasteiger partial charge in [-0.15, -0.1) is 0 Å². The molecule has 0 amide bonds. The van der Waals surface area contributed by atoms with Crippen LogP contribution in [0.5, 0.6) is 11.5 Å². The van der Waals surface area contributed by atoms with E-state index >= 15 is 0 Å². The number of nitro benzene ring substituents is 1. The highest BCUT2D eigenvalue weighted by Gasteiger charge is 2.35. The highest BCUT2D eigenvalue weighted by Crippen LogP contribution is 2.44. The topological polar surface area (TPSA) is 130 Å². The van der Waals surface area contributed by atoms with Crippen molar-refractivity contribution in [1.29, 1.82) is 0 Å². The number of phenols is 2. The van der Waals surface area contributed by atoms with Crippen LogP contribution in [0.4, 0.5) is 17.1 Å². The maximum absolute atomic E-state index is 12.9. The van der Waals surface area contributed by atoms with Crippen LogP contribution in [0, 0.1) is 10.1 Å². The smallest absolute Gasteiger partial charge is 0.270 e. The zero-order valence-corrected chi connectivity index (χ0v) is 14.2. The van der Waals surface area contributed by atoms with Crippen LogP contribution in [-0.4, -0.2) is 26.7 Å². The number of rotatable bonds is 3. The van der Waals surface area contributed by atoms with Crippen molar-refractivity contribution in [2.45, 2.75) is 0 Å². The van der Waals surface area contributed by atoms with Crippen molar-refractivity contribution in [3.05, 3.63) is 87.0 Å². The summed E-state index contributed by atoms with van der Waals surface area (Å²) in [6.45, 7) is 0. The van der Waals surface area contributed by atoms with Gasteiger partial charge in [-0.1, -0.05) is 18.2 Å². The Labute approximate surface area is 157 Å². The number of fused-ring (bicyclic) bond motifs is 2. The van der Waals surface area contributed by atoms with E-state index in [1.807, 2.05) is 0 Å². The Morgan fingerprint density at radius 2 is 1.57 bits per heavy atom. The van der Waals surface area contributed by atoms with Gasteiger partial charge in [0, 0.05) is 34.5 Å². The molecule has 0 saturated heterocycles. The molecular formula is C20H12N2O6. The maximum Gasteiger partial charge on any atom is 0.270 e. The summed E-state index contributed by atoms with van der Waals surface area (Å²) in [5.74, 6) is -2.35. The molecule has 0 heterocycles. The summed E-state index contributed by atoms with van der Waals surface area (Å²) < 4.78 is 0. The Kier molecular flexibility index (Phi) is 3.82. The predicted molar refractivity (Wildman–Crippen MR) is 99.5 cm³/mol. The highest BCUT2D eigenvalue weighted by molar-refractivity contribution is 6.30. The molecule has 1 aliphatic carbocycles. The first-order valence-corrected chi connectivity index (χ1v) is 8.17. The van der Waals surface area contributed by atoms with Crippen LogP contribution in [0.15, 0.2) is 54.6 Å². The zero-order valence-electron chi connectivity index (χ0n) is 14.2. The Hall–Kier alpha value is -4.20. The molecule has 0 aliphatic heterocycles. The van der Waals surface area contributed by atoms with E-state index in [1.54, 1.807) is 30.3 Å². The number of aromatic hydroxyl groups is 2. The van der Waals surface area contributed by atoms with Gasteiger partial charge in [0.25, 0.3) is 5.69 Å². The van der Waals surface area contributed by atoms with Crippen LogP contribution >= 0.6 is 0 Å². The number of nitrogens with zero attached hydrogens (tertiary/aromatic N) is 1. The Balaban J connectivity index is 1.87. The minimum Gasteiger partial charge on any atom is -0.506 e. The molecule has 0 unspecified atom stereocenters. The number of benzene rings is 3. The largest absolute Gasteiger partial charge is 0.506 e.